The van der Waals surface area contributed by atoms with E-state index in [-0.39, 0.29) is 12.2 Å². The average Bonchev–Trinajstić information content (AvgIpc) is 2.72. The number of hydrogen-bond acceptors (Lipinski definition) is 5. The molecule has 1 amide bonds. The van der Waals surface area contributed by atoms with Crippen LogP contribution in [-0.4, -0.2) is 24.1 Å². The number of rotatable bonds is 6. The molecule has 3 aromatic rings. The highest BCUT2D eigenvalue weighted by Crippen LogP contribution is 2.39. The zero-order valence-corrected chi connectivity index (χ0v) is 19.2. The number of aryl methyl sites for hydroxylation is 2. The van der Waals surface area contributed by atoms with E-state index in [1.807, 2.05) is 13.8 Å². The number of carbonyl (C=O) groups excluding carboxylic acids is 2. The Kier molecular flexibility index (Phi) is 7.28. The third kappa shape index (κ3) is 5.52. The van der Waals surface area contributed by atoms with E-state index in [0.717, 1.165) is 11.1 Å². The Morgan fingerprint density at radius 1 is 0.969 bits per heavy atom. The first kappa shape index (κ1) is 23.4. The fourth-order valence-corrected chi connectivity index (χ4v) is 3.72. The topological polar surface area (TPSA) is 84.9 Å². The number of carbonyl (C=O) groups is 2. The van der Waals surface area contributed by atoms with E-state index in [1.54, 1.807) is 42.5 Å². The summed E-state index contributed by atoms with van der Waals surface area (Å²) >= 11 is 12.3. The van der Waals surface area contributed by atoms with Gasteiger partial charge in [-0.1, -0.05) is 29.3 Å². The first-order valence-electron chi connectivity index (χ1n) is 9.62. The summed E-state index contributed by atoms with van der Waals surface area (Å²) in [7, 11) is 1.23. The maximum atomic E-state index is 11.9. The van der Waals surface area contributed by atoms with Crippen LogP contribution in [0.4, 0.5) is 5.69 Å². The third-order valence-electron chi connectivity index (χ3n) is 4.69. The van der Waals surface area contributed by atoms with Gasteiger partial charge in [-0.25, -0.2) is 0 Å². The first-order valence-corrected chi connectivity index (χ1v) is 10.4. The molecule has 2 N–H and O–H groups in total. The lowest BCUT2D eigenvalue weighted by Gasteiger charge is -2.16. The van der Waals surface area contributed by atoms with Gasteiger partial charge in [0.1, 0.15) is 23.7 Å². The molecule has 0 fully saturated rings. The maximum Gasteiger partial charge on any atom is 0.315 e. The fourth-order valence-electron chi connectivity index (χ4n) is 3.21. The average molecular weight is 474 g/mol. The Morgan fingerprint density at radius 3 is 2.28 bits per heavy atom. The van der Waals surface area contributed by atoms with Crippen molar-refractivity contribution in [2.45, 2.75) is 20.3 Å². The molecule has 0 aliphatic rings. The smallest absolute Gasteiger partial charge is 0.315 e. The quantitative estimate of drug-likeness (QED) is 0.325. The van der Waals surface area contributed by atoms with Crippen molar-refractivity contribution in [2.75, 3.05) is 12.4 Å². The molecule has 8 heteroatoms. The predicted molar refractivity (Wildman–Crippen MR) is 125 cm³/mol. The summed E-state index contributed by atoms with van der Waals surface area (Å²) in [5.41, 5.74) is 3.22. The lowest BCUT2D eigenvalue weighted by Crippen LogP contribution is -2.17. The van der Waals surface area contributed by atoms with Gasteiger partial charge in [-0.15, -0.1) is 0 Å². The van der Waals surface area contributed by atoms with Crippen molar-refractivity contribution in [1.82, 2.24) is 0 Å². The summed E-state index contributed by atoms with van der Waals surface area (Å²) in [6.45, 7) is 3.69. The van der Waals surface area contributed by atoms with Crippen LogP contribution in [0.1, 0.15) is 17.5 Å². The Hall–Kier alpha value is -3.22. The highest BCUT2D eigenvalue weighted by molar-refractivity contribution is 6.36. The van der Waals surface area contributed by atoms with Crippen LogP contribution < -0.4 is 10.1 Å². The van der Waals surface area contributed by atoms with Crippen LogP contribution in [0.5, 0.6) is 17.2 Å². The molecule has 0 spiro atoms. The van der Waals surface area contributed by atoms with Crippen molar-refractivity contribution in [2.24, 2.45) is 0 Å². The number of anilines is 1. The van der Waals surface area contributed by atoms with Gasteiger partial charge in [0.25, 0.3) is 0 Å². The molecule has 3 aromatic carbocycles. The van der Waals surface area contributed by atoms with Crippen molar-refractivity contribution in [3.05, 3.63) is 69.7 Å². The van der Waals surface area contributed by atoms with Gasteiger partial charge in [0.15, 0.2) is 0 Å². The number of nitrogens with one attached hydrogen (secondary N) is 1. The van der Waals surface area contributed by atoms with Gasteiger partial charge in [0, 0.05) is 21.8 Å². The minimum absolute atomic E-state index is 0.0543. The number of hydrogen-bond donors (Lipinski definition) is 2. The van der Waals surface area contributed by atoms with Gasteiger partial charge < -0.3 is 19.9 Å². The second-order valence-electron chi connectivity index (χ2n) is 7.15. The Morgan fingerprint density at radius 2 is 1.66 bits per heavy atom. The summed E-state index contributed by atoms with van der Waals surface area (Å²) in [5, 5.41) is 13.9. The summed E-state index contributed by atoms with van der Waals surface area (Å²) in [4.78, 5) is 23.2. The number of aromatic hydroxyl groups is 1. The Balaban J connectivity index is 1.86. The van der Waals surface area contributed by atoms with Crippen molar-refractivity contribution in [3.63, 3.8) is 0 Å². The van der Waals surface area contributed by atoms with Crippen LogP contribution in [0.25, 0.3) is 11.1 Å². The van der Waals surface area contributed by atoms with Crippen LogP contribution in [0, 0.1) is 13.8 Å². The van der Waals surface area contributed by atoms with Gasteiger partial charge in [-0.3, -0.25) is 9.59 Å². The molecular weight excluding hydrogens is 453 g/mol. The maximum absolute atomic E-state index is 11.9. The van der Waals surface area contributed by atoms with E-state index in [9.17, 15) is 14.7 Å². The zero-order chi connectivity index (χ0) is 23.4. The third-order valence-corrected chi connectivity index (χ3v) is 5.23. The van der Waals surface area contributed by atoms with Crippen molar-refractivity contribution in [3.8, 4) is 28.4 Å². The van der Waals surface area contributed by atoms with Crippen molar-refractivity contribution >= 4 is 40.8 Å². The molecule has 0 unspecified atom stereocenters. The molecular formula is C24H21Cl2NO5. The largest absolute Gasteiger partial charge is 0.507 e. The number of halogens is 2. The van der Waals surface area contributed by atoms with Gasteiger partial charge in [0.05, 0.1) is 12.1 Å². The number of phenolic OH excluding ortho intramolecular Hbond substituents is 1. The van der Waals surface area contributed by atoms with Crippen molar-refractivity contribution in [1.29, 1.82) is 0 Å². The minimum Gasteiger partial charge on any atom is -0.507 e. The SMILES string of the molecule is COC(=O)CC(=O)Nc1cc(C)c(Oc2ccc(O)c(-c3ccc(Cl)cc3Cl)c2)c(C)c1. The monoisotopic (exact) mass is 473 g/mol. The minimum atomic E-state index is -0.611. The highest BCUT2D eigenvalue weighted by Gasteiger charge is 2.15. The molecule has 0 bridgehead atoms. The number of amides is 1. The summed E-state index contributed by atoms with van der Waals surface area (Å²) in [6, 6.07) is 13.4. The molecule has 0 saturated heterocycles. The molecule has 32 heavy (non-hydrogen) atoms. The van der Waals surface area contributed by atoms with E-state index < -0.39 is 11.9 Å². The molecule has 0 radical (unpaired) electrons. The van der Waals surface area contributed by atoms with Gasteiger partial charge in [-0.2, -0.15) is 0 Å². The zero-order valence-electron chi connectivity index (χ0n) is 17.7. The fraction of sp³-hybridized carbons (Fsp3) is 0.167. The van der Waals surface area contributed by atoms with Crippen LogP contribution in [0.2, 0.25) is 10.0 Å². The standard InChI is InChI=1S/C24H21Cl2NO5/c1-13-8-16(27-22(29)12-23(30)31-3)9-14(2)24(13)32-17-5-7-21(28)19(11-17)18-6-4-15(25)10-20(18)26/h4-11,28H,12H2,1-3H3,(H,27,29). The van der Waals surface area contributed by atoms with E-state index in [0.29, 0.717) is 38.4 Å². The van der Waals surface area contributed by atoms with Gasteiger partial charge in [-0.05, 0) is 67.4 Å². The lowest BCUT2D eigenvalue weighted by molar-refractivity contribution is -0.142. The molecule has 0 aromatic heterocycles. The summed E-state index contributed by atoms with van der Waals surface area (Å²) in [5.74, 6) is 0.0816. The Bertz CT molecular complexity index is 1170. The molecule has 166 valence electrons. The van der Waals surface area contributed by atoms with Gasteiger partial charge >= 0.3 is 5.97 Å². The predicted octanol–water partition coefficient (Wildman–Crippen LogP) is 6.28. The summed E-state index contributed by atoms with van der Waals surface area (Å²) < 4.78 is 10.6. The van der Waals surface area contributed by atoms with E-state index in [4.69, 9.17) is 27.9 Å². The van der Waals surface area contributed by atoms with E-state index in [1.165, 1.54) is 13.2 Å². The van der Waals surface area contributed by atoms with Gasteiger partial charge in [0.2, 0.25) is 5.91 Å². The second kappa shape index (κ2) is 9.94. The number of methoxy groups -OCH3 is 1. The molecule has 0 atom stereocenters. The second-order valence-corrected chi connectivity index (χ2v) is 7.99. The van der Waals surface area contributed by atoms with Crippen LogP contribution in [0.3, 0.4) is 0 Å². The van der Waals surface area contributed by atoms with E-state index >= 15 is 0 Å². The molecule has 3 rings (SSSR count). The number of phenols is 1. The number of benzene rings is 3. The Labute approximate surface area is 195 Å². The van der Waals surface area contributed by atoms with Crippen LogP contribution >= 0.6 is 23.2 Å². The highest BCUT2D eigenvalue weighted by atomic mass is 35.5. The summed E-state index contributed by atoms with van der Waals surface area (Å²) in [6.07, 6.45) is -0.365. The molecule has 0 saturated carbocycles. The van der Waals surface area contributed by atoms with Crippen molar-refractivity contribution < 1.29 is 24.2 Å². The molecule has 0 heterocycles. The molecule has 6 nitrogen and oxygen atoms in total. The molecule has 0 aliphatic carbocycles. The van der Waals surface area contributed by atoms with E-state index in [2.05, 4.69) is 10.1 Å². The lowest BCUT2D eigenvalue weighted by atomic mass is 10.0. The first-order chi connectivity index (χ1) is 15.2. The molecule has 0 aliphatic heterocycles. The normalized spacial score (nSPS) is 10.5. The van der Waals surface area contributed by atoms with Crippen LogP contribution in [-0.2, 0) is 14.3 Å². The number of esters is 1. The number of ether oxygens (including phenoxy) is 2. The van der Waals surface area contributed by atoms with Crippen LogP contribution in [0.15, 0.2) is 48.5 Å².